The van der Waals surface area contributed by atoms with Crippen molar-refractivity contribution in [1.82, 2.24) is 0 Å². The average Bonchev–Trinajstić information content (AvgIpc) is 2.47. The Morgan fingerprint density at radius 1 is 1.43 bits per heavy atom. The number of carbonyl (C=O) groups is 1. The molecular formula is C15H15F2NO2S. The van der Waals surface area contributed by atoms with Crippen LogP contribution in [0.15, 0.2) is 29.2 Å². The van der Waals surface area contributed by atoms with Crippen molar-refractivity contribution < 1.29 is 18.3 Å². The van der Waals surface area contributed by atoms with Crippen molar-refractivity contribution in [2.75, 3.05) is 5.75 Å². The Balaban J connectivity index is 1.88. The van der Waals surface area contributed by atoms with Gasteiger partial charge in [-0.25, -0.2) is 13.6 Å². The van der Waals surface area contributed by atoms with Gasteiger partial charge in [0.1, 0.15) is 0 Å². The highest BCUT2D eigenvalue weighted by atomic mass is 32.2. The van der Waals surface area contributed by atoms with Crippen LogP contribution >= 0.6 is 11.8 Å². The van der Waals surface area contributed by atoms with E-state index in [0.717, 1.165) is 10.6 Å². The Morgan fingerprint density at radius 3 is 2.81 bits per heavy atom. The lowest BCUT2D eigenvalue weighted by Crippen LogP contribution is -2.25. The van der Waals surface area contributed by atoms with E-state index in [1.165, 1.54) is 6.26 Å². The minimum Gasteiger partial charge on any atom is -0.347 e. The average molecular weight is 311 g/mol. The fourth-order valence-corrected chi connectivity index (χ4v) is 3.44. The van der Waals surface area contributed by atoms with Crippen molar-refractivity contribution in [1.29, 1.82) is 5.26 Å². The molecule has 1 aromatic carbocycles. The third-order valence-electron chi connectivity index (χ3n) is 3.53. The smallest absolute Gasteiger partial charge is 0.347 e. The monoisotopic (exact) mass is 311 g/mol. The number of esters is 1. The van der Waals surface area contributed by atoms with Crippen molar-refractivity contribution in [3.63, 3.8) is 0 Å². The van der Waals surface area contributed by atoms with Crippen LogP contribution in [0.2, 0.25) is 0 Å². The van der Waals surface area contributed by atoms with Crippen molar-refractivity contribution >= 4 is 17.7 Å². The third kappa shape index (κ3) is 4.71. The van der Waals surface area contributed by atoms with Gasteiger partial charge in [-0.2, -0.15) is 0 Å². The lowest BCUT2D eigenvalue weighted by atomic mass is 9.88. The molecule has 6 heteroatoms. The molecule has 0 atom stereocenters. The fourth-order valence-electron chi connectivity index (χ4n) is 2.29. The molecule has 21 heavy (non-hydrogen) atoms. The van der Waals surface area contributed by atoms with Crippen LogP contribution in [0.25, 0.3) is 0 Å². The summed E-state index contributed by atoms with van der Waals surface area (Å²) in [7, 11) is 0. The molecule has 1 aromatic rings. The van der Waals surface area contributed by atoms with Crippen molar-refractivity contribution in [3.05, 3.63) is 29.8 Å². The fraction of sp³-hybridized carbons (Fsp3) is 0.467. The Bertz CT molecular complexity index is 547. The number of benzene rings is 1. The maximum Gasteiger partial charge on any atom is 0.353 e. The summed E-state index contributed by atoms with van der Waals surface area (Å²) in [5, 5.41) is 8.32. The quantitative estimate of drug-likeness (QED) is 0.474. The number of nitrogens with zero attached hydrogens (tertiary/aromatic N) is 1. The summed E-state index contributed by atoms with van der Waals surface area (Å²) in [6.45, 7) is 0. The highest BCUT2D eigenvalue weighted by molar-refractivity contribution is 7.99. The molecule has 0 saturated heterocycles. The molecule has 0 radical (unpaired) electrons. The Hall–Kier alpha value is -1.61. The van der Waals surface area contributed by atoms with Crippen LogP contribution in [-0.4, -0.2) is 17.6 Å². The van der Waals surface area contributed by atoms with E-state index in [1.807, 2.05) is 6.07 Å². The van der Waals surface area contributed by atoms with Crippen LogP contribution < -0.4 is 0 Å². The van der Waals surface area contributed by atoms with Crippen LogP contribution in [0, 0.1) is 17.4 Å². The van der Waals surface area contributed by atoms with Crippen LogP contribution in [-0.2, 0) is 4.74 Å². The molecule has 1 aliphatic rings. The van der Waals surface area contributed by atoms with E-state index in [2.05, 4.69) is 4.74 Å². The van der Waals surface area contributed by atoms with Crippen molar-refractivity contribution in [2.45, 2.75) is 36.5 Å². The van der Waals surface area contributed by atoms with Gasteiger partial charge in [-0.1, -0.05) is 6.07 Å². The zero-order valence-corrected chi connectivity index (χ0v) is 12.2. The van der Waals surface area contributed by atoms with E-state index in [0.29, 0.717) is 18.4 Å². The second-order valence-corrected chi connectivity index (χ2v) is 6.21. The second kappa shape index (κ2) is 6.90. The topological polar surface area (TPSA) is 50.1 Å². The van der Waals surface area contributed by atoms with E-state index in [9.17, 15) is 13.6 Å². The standard InChI is InChI=1S/C15H15F2NO2S/c16-15(17)6-4-11(5-7-15)9-21-13-3-1-2-12(8-13)14(19)20-10-18/h1-3,8,11H,4-7,9H2. The molecule has 1 saturated carbocycles. The molecule has 0 N–H and O–H groups in total. The first-order valence-electron chi connectivity index (χ1n) is 6.71. The van der Waals surface area contributed by atoms with E-state index < -0.39 is 11.9 Å². The molecule has 2 rings (SSSR count). The first kappa shape index (κ1) is 15.8. The highest BCUT2D eigenvalue weighted by Crippen LogP contribution is 2.38. The van der Waals surface area contributed by atoms with Crippen LogP contribution in [0.3, 0.4) is 0 Å². The van der Waals surface area contributed by atoms with E-state index in [-0.39, 0.29) is 18.8 Å². The lowest BCUT2D eigenvalue weighted by Gasteiger charge is -2.27. The van der Waals surface area contributed by atoms with Gasteiger partial charge < -0.3 is 4.74 Å². The van der Waals surface area contributed by atoms with Gasteiger partial charge in [-0.3, -0.25) is 0 Å². The van der Waals surface area contributed by atoms with E-state index in [1.54, 1.807) is 30.0 Å². The van der Waals surface area contributed by atoms with Gasteiger partial charge in [-0.05, 0) is 37.0 Å². The Labute approximate surface area is 126 Å². The molecule has 0 bridgehead atoms. The molecule has 0 amide bonds. The number of hydrogen-bond acceptors (Lipinski definition) is 4. The zero-order valence-electron chi connectivity index (χ0n) is 11.4. The Morgan fingerprint density at radius 2 is 2.14 bits per heavy atom. The normalized spacial score (nSPS) is 18.0. The minimum atomic E-state index is -2.50. The summed E-state index contributed by atoms with van der Waals surface area (Å²) in [5.74, 6) is -2.14. The maximum absolute atomic E-state index is 13.1. The maximum atomic E-state index is 13.1. The Kier molecular flexibility index (Phi) is 5.18. The van der Waals surface area contributed by atoms with Crippen LogP contribution in [0.4, 0.5) is 8.78 Å². The predicted octanol–water partition coefficient (Wildman–Crippen LogP) is 4.24. The van der Waals surface area contributed by atoms with Crippen LogP contribution in [0.5, 0.6) is 0 Å². The number of alkyl halides is 2. The van der Waals surface area contributed by atoms with Gasteiger partial charge in [0.25, 0.3) is 6.26 Å². The summed E-state index contributed by atoms with van der Waals surface area (Å²) in [4.78, 5) is 12.3. The lowest BCUT2D eigenvalue weighted by molar-refractivity contribution is -0.0433. The molecule has 0 unspecified atom stereocenters. The zero-order chi connectivity index (χ0) is 15.3. The number of carbonyl (C=O) groups excluding carboxylic acids is 1. The van der Waals surface area contributed by atoms with Crippen molar-refractivity contribution in [3.8, 4) is 6.26 Å². The minimum absolute atomic E-state index is 0.0350. The second-order valence-electron chi connectivity index (χ2n) is 5.12. The third-order valence-corrected chi connectivity index (χ3v) is 4.76. The highest BCUT2D eigenvalue weighted by Gasteiger charge is 2.34. The van der Waals surface area contributed by atoms with Gasteiger partial charge in [0.2, 0.25) is 5.92 Å². The first-order chi connectivity index (χ1) is 10.00. The molecule has 1 fully saturated rings. The summed E-state index contributed by atoms with van der Waals surface area (Å²) in [6.07, 6.45) is 2.36. The number of nitriles is 1. The van der Waals surface area contributed by atoms with Gasteiger partial charge in [0.15, 0.2) is 0 Å². The van der Waals surface area contributed by atoms with E-state index >= 15 is 0 Å². The van der Waals surface area contributed by atoms with Crippen molar-refractivity contribution in [2.24, 2.45) is 5.92 Å². The molecule has 0 heterocycles. The SMILES string of the molecule is N#COC(=O)c1cccc(SCC2CCC(F)(F)CC2)c1. The van der Waals surface area contributed by atoms with Crippen LogP contribution in [0.1, 0.15) is 36.0 Å². The summed E-state index contributed by atoms with van der Waals surface area (Å²) >= 11 is 1.54. The molecule has 0 aliphatic heterocycles. The number of halogens is 2. The molecule has 3 nitrogen and oxygen atoms in total. The molecule has 112 valence electrons. The molecule has 0 spiro atoms. The summed E-state index contributed by atoms with van der Waals surface area (Å²) < 4.78 is 30.4. The molecule has 0 aromatic heterocycles. The number of rotatable bonds is 4. The summed E-state index contributed by atoms with van der Waals surface area (Å²) in [6, 6.07) is 6.79. The summed E-state index contributed by atoms with van der Waals surface area (Å²) in [5.41, 5.74) is 0.316. The number of thioether (sulfide) groups is 1. The van der Waals surface area contributed by atoms with Gasteiger partial charge in [0, 0.05) is 23.5 Å². The number of ether oxygens (including phenoxy) is 1. The molecular weight excluding hydrogens is 296 g/mol. The number of hydrogen-bond donors (Lipinski definition) is 0. The van der Waals surface area contributed by atoms with E-state index in [4.69, 9.17) is 5.26 Å². The van der Waals surface area contributed by atoms with Gasteiger partial charge >= 0.3 is 5.97 Å². The predicted molar refractivity (Wildman–Crippen MR) is 75.1 cm³/mol. The van der Waals surface area contributed by atoms with Gasteiger partial charge in [0.05, 0.1) is 5.56 Å². The largest absolute Gasteiger partial charge is 0.353 e. The first-order valence-corrected chi connectivity index (χ1v) is 7.70. The van der Waals surface area contributed by atoms with Gasteiger partial charge in [-0.15, -0.1) is 17.0 Å². The molecule has 1 aliphatic carbocycles.